The van der Waals surface area contributed by atoms with Crippen molar-refractivity contribution in [1.29, 1.82) is 0 Å². The van der Waals surface area contributed by atoms with Gasteiger partial charge < -0.3 is 9.72 Å². The standard InChI is InChI=1S/C10H10N2O2S/c1-2-14-10(13)8-6-15-9(12-8)7-3-4-11-5-7/h3-6,11H,2H2,1H3. The van der Waals surface area contributed by atoms with Crippen LogP contribution in [0.15, 0.2) is 23.8 Å². The highest BCUT2D eigenvalue weighted by Crippen LogP contribution is 2.23. The van der Waals surface area contributed by atoms with Crippen molar-refractivity contribution in [3.8, 4) is 10.6 Å². The van der Waals surface area contributed by atoms with Crippen LogP contribution in [0.5, 0.6) is 0 Å². The molecule has 0 aliphatic heterocycles. The van der Waals surface area contributed by atoms with Crippen molar-refractivity contribution in [3.63, 3.8) is 0 Å². The predicted octanol–water partition coefficient (Wildman–Crippen LogP) is 2.31. The highest BCUT2D eigenvalue weighted by Gasteiger charge is 2.12. The van der Waals surface area contributed by atoms with Gasteiger partial charge in [-0.25, -0.2) is 9.78 Å². The lowest BCUT2D eigenvalue weighted by Crippen LogP contribution is -2.04. The van der Waals surface area contributed by atoms with Gasteiger partial charge in [0, 0.05) is 23.3 Å². The number of ether oxygens (including phenoxy) is 1. The number of aromatic nitrogens is 2. The fourth-order valence-electron chi connectivity index (χ4n) is 1.16. The van der Waals surface area contributed by atoms with Crippen LogP contribution in [0.3, 0.4) is 0 Å². The second-order valence-corrected chi connectivity index (χ2v) is 3.72. The lowest BCUT2D eigenvalue weighted by molar-refractivity contribution is 0.0520. The molecular weight excluding hydrogens is 212 g/mol. The second kappa shape index (κ2) is 4.27. The van der Waals surface area contributed by atoms with Crippen LogP contribution >= 0.6 is 11.3 Å². The molecule has 2 rings (SSSR count). The van der Waals surface area contributed by atoms with Gasteiger partial charge in [0.15, 0.2) is 5.69 Å². The maximum absolute atomic E-state index is 11.3. The Morgan fingerprint density at radius 2 is 2.53 bits per heavy atom. The Labute approximate surface area is 90.9 Å². The van der Waals surface area contributed by atoms with Crippen LogP contribution in [-0.2, 0) is 4.74 Å². The summed E-state index contributed by atoms with van der Waals surface area (Å²) in [4.78, 5) is 18.5. The van der Waals surface area contributed by atoms with E-state index in [9.17, 15) is 4.79 Å². The molecule has 0 aromatic carbocycles. The largest absolute Gasteiger partial charge is 0.461 e. The van der Waals surface area contributed by atoms with Crippen molar-refractivity contribution in [1.82, 2.24) is 9.97 Å². The van der Waals surface area contributed by atoms with Crippen LogP contribution in [0.2, 0.25) is 0 Å². The van der Waals surface area contributed by atoms with Gasteiger partial charge in [0.1, 0.15) is 5.01 Å². The second-order valence-electron chi connectivity index (χ2n) is 2.86. The Kier molecular flexibility index (Phi) is 2.82. The van der Waals surface area contributed by atoms with Gasteiger partial charge in [-0.1, -0.05) is 0 Å². The third kappa shape index (κ3) is 2.07. The van der Waals surface area contributed by atoms with E-state index in [1.54, 1.807) is 12.3 Å². The minimum absolute atomic E-state index is 0.365. The van der Waals surface area contributed by atoms with Gasteiger partial charge in [-0.2, -0.15) is 0 Å². The molecule has 0 radical (unpaired) electrons. The number of rotatable bonds is 3. The van der Waals surface area contributed by atoms with Gasteiger partial charge in [-0.3, -0.25) is 0 Å². The summed E-state index contributed by atoms with van der Waals surface area (Å²) in [6, 6.07) is 1.91. The molecule has 1 N–H and O–H groups in total. The first-order valence-corrected chi connectivity index (χ1v) is 5.45. The monoisotopic (exact) mass is 222 g/mol. The topological polar surface area (TPSA) is 55.0 Å². The molecule has 0 aliphatic carbocycles. The summed E-state index contributed by atoms with van der Waals surface area (Å²) in [5.74, 6) is -0.365. The quantitative estimate of drug-likeness (QED) is 0.811. The van der Waals surface area contributed by atoms with E-state index in [1.165, 1.54) is 11.3 Å². The number of carbonyl (C=O) groups is 1. The Bertz CT molecular complexity index is 448. The van der Waals surface area contributed by atoms with E-state index in [0.717, 1.165) is 10.6 Å². The average molecular weight is 222 g/mol. The number of nitrogens with one attached hydrogen (secondary N) is 1. The molecule has 0 saturated heterocycles. The van der Waals surface area contributed by atoms with Crippen molar-refractivity contribution >= 4 is 17.3 Å². The summed E-state index contributed by atoms with van der Waals surface area (Å²) in [5, 5.41) is 2.53. The zero-order chi connectivity index (χ0) is 10.7. The first kappa shape index (κ1) is 9.92. The minimum atomic E-state index is -0.365. The lowest BCUT2D eigenvalue weighted by Gasteiger charge is -1.95. The van der Waals surface area contributed by atoms with Gasteiger partial charge in [-0.15, -0.1) is 11.3 Å². The molecule has 0 amide bonds. The van der Waals surface area contributed by atoms with Crippen LogP contribution in [-0.4, -0.2) is 22.5 Å². The third-order valence-corrected chi connectivity index (χ3v) is 2.73. The fourth-order valence-corrected chi connectivity index (χ4v) is 1.95. The first-order chi connectivity index (χ1) is 7.31. The number of aromatic amines is 1. The Hall–Kier alpha value is -1.62. The average Bonchev–Trinajstić information content (AvgIpc) is 2.89. The molecule has 78 valence electrons. The number of H-pyrrole nitrogens is 1. The highest BCUT2D eigenvalue weighted by atomic mass is 32.1. The van der Waals surface area contributed by atoms with Gasteiger partial charge >= 0.3 is 5.97 Å². The third-order valence-electron chi connectivity index (χ3n) is 1.83. The van der Waals surface area contributed by atoms with Gasteiger partial charge in [0.2, 0.25) is 0 Å². The van der Waals surface area contributed by atoms with Gasteiger partial charge in [0.05, 0.1) is 6.61 Å². The molecule has 0 saturated carbocycles. The maximum Gasteiger partial charge on any atom is 0.357 e. The normalized spacial score (nSPS) is 10.2. The number of thiazole rings is 1. The molecule has 0 aliphatic rings. The molecule has 2 aromatic rings. The van der Waals surface area contributed by atoms with E-state index >= 15 is 0 Å². The summed E-state index contributed by atoms with van der Waals surface area (Å²) >= 11 is 1.43. The van der Waals surface area contributed by atoms with Crippen molar-refractivity contribution < 1.29 is 9.53 Å². The van der Waals surface area contributed by atoms with E-state index in [1.807, 2.05) is 18.5 Å². The van der Waals surface area contributed by atoms with E-state index in [4.69, 9.17) is 4.74 Å². The van der Waals surface area contributed by atoms with E-state index in [2.05, 4.69) is 9.97 Å². The molecule has 0 atom stereocenters. The number of esters is 1. The summed E-state index contributed by atoms with van der Waals surface area (Å²) in [5.41, 5.74) is 1.36. The van der Waals surface area contributed by atoms with Gasteiger partial charge in [0.25, 0.3) is 0 Å². The van der Waals surface area contributed by atoms with E-state index < -0.39 is 0 Å². The maximum atomic E-state index is 11.3. The van der Waals surface area contributed by atoms with Crippen LogP contribution in [0.4, 0.5) is 0 Å². The Morgan fingerprint density at radius 1 is 1.67 bits per heavy atom. The summed E-state index contributed by atoms with van der Waals surface area (Å²) in [6.07, 6.45) is 3.66. The molecule has 0 bridgehead atoms. The molecular formula is C10H10N2O2S. The number of carbonyl (C=O) groups excluding carboxylic acids is 1. The summed E-state index contributed by atoms with van der Waals surface area (Å²) < 4.78 is 4.86. The van der Waals surface area contributed by atoms with Crippen molar-refractivity contribution in [2.24, 2.45) is 0 Å². The SMILES string of the molecule is CCOC(=O)c1csc(-c2cc[nH]c2)n1. The number of hydrogen-bond acceptors (Lipinski definition) is 4. The lowest BCUT2D eigenvalue weighted by atomic mass is 10.3. The van der Waals surface area contributed by atoms with Crippen LogP contribution < -0.4 is 0 Å². The minimum Gasteiger partial charge on any atom is -0.461 e. The van der Waals surface area contributed by atoms with Crippen LogP contribution in [0.1, 0.15) is 17.4 Å². The predicted molar refractivity (Wildman–Crippen MR) is 57.9 cm³/mol. The molecule has 2 aromatic heterocycles. The van der Waals surface area contributed by atoms with E-state index in [-0.39, 0.29) is 5.97 Å². The van der Waals surface area contributed by atoms with Crippen LogP contribution in [0.25, 0.3) is 10.6 Å². The molecule has 0 unspecified atom stereocenters. The molecule has 2 heterocycles. The van der Waals surface area contributed by atoms with Crippen LogP contribution in [0, 0.1) is 0 Å². The number of nitrogens with zero attached hydrogens (tertiary/aromatic N) is 1. The molecule has 4 nitrogen and oxygen atoms in total. The van der Waals surface area contributed by atoms with Gasteiger partial charge in [-0.05, 0) is 13.0 Å². The molecule has 15 heavy (non-hydrogen) atoms. The molecule has 5 heteroatoms. The van der Waals surface area contributed by atoms with E-state index in [0.29, 0.717) is 12.3 Å². The zero-order valence-corrected chi connectivity index (χ0v) is 9.00. The first-order valence-electron chi connectivity index (χ1n) is 4.57. The molecule has 0 fully saturated rings. The fraction of sp³-hybridized carbons (Fsp3) is 0.200. The zero-order valence-electron chi connectivity index (χ0n) is 8.19. The Balaban J connectivity index is 2.21. The van der Waals surface area contributed by atoms with Crippen molar-refractivity contribution in [2.75, 3.05) is 6.61 Å². The summed E-state index contributed by atoms with van der Waals surface area (Å²) in [7, 11) is 0. The summed E-state index contributed by atoms with van der Waals surface area (Å²) in [6.45, 7) is 2.15. The van der Waals surface area contributed by atoms with Crippen molar-refractivity contribution in [2.45, 2.75) is 6.92 Å². The number of hydrogen-bond donors (Lipinski definition) is 1. The van der Waals surface area contributed by atoms with Crippen molar-refractivity contribution in [3.05, 3.63) is 29.5 Å². The highest BCUT2D eigenvalue weighted by molar-refractivity contribution is 7.13. The molecule has 0 spiro atoms. The smallest absolute Gasteiger partial charge is 0.357 e. The Morgan fingerprint density at radius 3 is 3.20 bits per heavy atom.